The number of rotatable bonds is 5. The summed E-state index contributed by atoms with van der Waals surface area (Å²) in [6.45, 7) is 8.59. The van der Waals surface area contributed by atoms with Crippen molar-refractivity contribution in [3.05, 3.63) is 48.0 Å². The second-order valence-electron chi connectivity index (χ2n) is 16.3. The number of nitrogens with zero attached hydrogens (tertiary/aromatic N) is 4. The second kappa shape index (κ2) is 14.7. The van der Waals surface area contributed by atoms with E-state index >= 15 is 0 Å². The largest absolute Gasteiger partial charge is 0.479 e. The molecule has 13 heteroatoms. The van der Waals surface area contributed by atoms with Gasteiger partial charge in [-0.25, -0.2) is 9.78 Å². The van der Waals surface area contributed by atoms with Crippen LogP contribution in [0.15, 0.2) is 42.5 Å². The monoisotopic (exact) mass is 729 g/mol. The van der Waals surface area contributed by atoms with E-state index in [9.17, 15) is 29.1 Å². The topological polar surface area (TPSA) is 159 Å². The maximum atomic E-state index is 14.5. The third-order valence-corrected chi connectivity index (χ3v) is 11.5. The molecule has 4 fully saturated rings. The summed E-state index contributed by atoms with van der Waals surface area (Å²) in [6.07, 6.45) is 7.69. The lowest BCUT2D eigenvalue weighted by atomic mass is 9.92. The Kier molecular flexibility index (Phi) is 10.2. The van der Waals surface area contributed by atoms with Gasteiger partial charge in [0.15, 0.2) is 0 Å². The van der Waals surface area contributed by atoms with Crippen molar-refractivity contribution in [2.75, 3.05) is 50.8 Å². The number of allylic oxidation sites excluding steroid dienone is 1. The van der Waals surface area contributed by atoms with Gasteiger partial charge in [-0.3, -0.25) is 19.2 Å². The Morgan fingerprint density at radius 3 is 2.58 bits per heavy atom. The van der Waals surface area contributed by atoms with Gasteiger partial charge in [0.2, 0.25) is 11.8 Å². The van der Waals surface area contributed by atoms with Crippen LogP contribution in [0.25, 0.3) is 10.9 Å². The lowest BCUT2D eigenvalue weighted by Gasteiger charge is -2.32. The fraction of sp³-hybridized carbons (Fsp3) is 0.600. The van der Waals surface area contributed by atoms with Gasteiger partial charge in [-0.1, -0.05) is 43.2 Å². The van der Waals surface area contributed by atoms with Crippen LogP contribution in [-0.4, -0.2) is 113 Å². The van der Waals surface area contributed by atoms with Crippen molar-refractivity contribution in [1.82, 2.24) is 20.1 Å². The Bertz CT molecular complexity index is 1800. The zero-order valence-electron chi connectivity index (χ0n) is 30.9. The van der Waals surface area contributed by atoms with Gasteiger partial charge in [0.05, 0.1) is 30.7 Å². The molecule has 5 heterocycles. The molecule has 0 unspecified atom stereocenters. The van der Waals surface area contributed by atoms with E-state index in [0.29, 0.717) is 56.2 Å². The number of carbonyl (C=O) groups excluding carboxylic acids is 4. The fourth-order valence-corrected chi connectivity index (χ4v) is 8.72. The van der Waals surface area contributed by atoms with Gasteiger partial charge < -0.3 is 34.6 Å². The van der Waals surface area contributed by atoms with Crippen molar-refractivity contribution in [2.45, 2.75) is 82.9 Å². The number of benzene rings is 1. The highest BCUT2D eigenvalue weighted by Crippen LogP contribution is 2.46. The minimum absolute atomic E-state index is 0.109. The number of anilines is 1. The maximum Gasteiger partial charge on any atom is 0.330 e. The molecule has 2 aromatic rings. The summed E-state index contributed by atoms with van der Waals surface area (Å²) in [5.41, 5.74) is -0.937. The molecule has 3 saturated heterocycles. The van der Waals surface area contributed by atoms with Crippen LogP contribution in [0.3, 0.4) is 0 Å². The summed E-state index contributed by atoms with van der Waals surface area (Å²) in [5, 5.41) is 13.9. The standard InChI is InChI=1S/C40H51N5O8/c1-39(2,3)53-33(46)19-25-11-7-5-4-6-8-12-27-21-40(27,38(50)51)42-35(47)34-30-24-44(22-26(30)23-45(34)36(25)48)37(49)29-20-32(43-15-17-52-18-16-43)41-31-14-10-9-13-28(29)31/h8-10,12-14,20,25-27,30,34H,4-7,11,15-19,21-24H2,1-3H3,(H,42,47)(H,50,51)/b12-8-/t25-,26-,27+,30-,34-,40+/m0/s1. The Labute approximate surface area is 310 Å². The van der Waals surface area contributed by atoms with Crippen LogP contribution in [0.1, 0.15) is 76.1 Å². The van der Waals surface area contributed by atoms with E-state index < -0.39 is 46.9 Å². The molecular formula is C40H51N5O8. The van der Waals surface area contributed by atoms with E-state index in [4.69, 9.17) is 14.5 Å². The van der Waals surface area contributed by atoms with Crippen molar-refractivity contribution < 1.29 is 38.6 Å². The summed E-state index contributed by atoms with van der Waals surface area (Å²) < 4.78 is 11.2. The van der Waals surface area contributed by atoms with Gasteiger partial charge in [-0.05, 0) is 58.6 Å². The van der Waals surface area contributed by atoms with E-state index in [1.165, 1.54) is 0 Å². The number of likely N-dealkylation sites (tertiary alicyclic amines) is 1. The maximum absolute atomic E-state index is 14.5. The molecule has 284 valence electrons. The van der Waals surface area contributed by atoms with E-state index in [2.05, 4.69) is 10.2 Å². The molecule has 1 aromatic heterocycles. The Hall–Kier alpha value is -4.52. The number of carboxylic acid groups (broad SMARTS) is 1. The first-order valence-electron chi connectivity index (χ1n) is 19.1. The average molecular weight is 730 g/mol. The number of hydrogen-bond donors (Lipinski definition) is 2. The van der Waals surface area contributed by atoms with Gasteiger partial charge in [-0.2, -0.15) is 0 Å². The molecule has 1 aromatic carbocycles. The predicted octanol–water partition coefficient (Wildman–Crippen LogP) is 3.80. The molecule has 0 spiro atoms. The van der Waals surface area contributed by atoms with E-state index in [-0.39, 0.29) is 49.6 Å². The van der Waals surface area contributed by atoms with Crippen LogP contribution in [0.4, 0.5) is 5.82 Å². The Morgan fingerprint density at radius 2 is 1.83 bits per heavy atom. The Balaban J connectivity index is 1.19. The summed E-state index contributed by atoms with van der Waals surface area (Å²) in [5.74, 6) is -3.58. The zero-order valence-corrected chi connectivity index (χ0v) is 30.9. The van der Waals surface area contributed by atoms with Crippen molar-refractivity contribution in [1.29, 1.82) is 0 Å². The van der Waals surface area contributed by atoms with Crippen LogP contribution in [0.5, 0.6) is 0 Å². The number of ether oxygens (including phenoxy) is 2. The molecule has 1 aliphatic carbocycles. The van der Waals surface area contributed by atoms with Gasteiger partial charge in [0.1, 0.15) is 23.0 Å². The molecule has 0 radical (unpaired) electrons. The molecule has 3 amide bonds. The summed E-state index contributed by atoms with van der Waals surface area (Å²) >= 11 is 0. The summed E-state index contributed by atoms with van der Waals surface area (Å²) in [6, 6.07) is 8.40. The smallest absolute Gasteiger partial charge is 0.330 e. The van der Waals surface area contributed by atoms with Crippen LogP contribution in [0.2, 0.25) is 0 Å². The summed E-state index contributed by atoms with van der Waals surface area (Å²) in [4.78, 5) is 79.4. The minimum atomic E-state index is -1.45. The lowest BCUT2D eigenvalue weighted by Crippen LogP contribution is -2.56. The van der Waals surface area contributed by atoms with Gasteiger partial charge in [-0.15, -0.1) is 0 Å². The number of aromatic nitrogens is 1. The normalized spacial score (nSPS) is 30.0. The first-order valence-corrected chi connectivity index (χ1v) is 19.1. The first kappa shape index (κ1) is 36.8. The molecular weight excluding hydrogens is 678 g/mol. The van der Waals surface area contributed by atoms with Gasteiger partial charge in [0.25, 0.3) is 5.91 Å². The van der Waals surface area contributed by atoms with Crippen LogP contribution in [-0.2, 0) is 28.7 Å². The molecule has 5 aliphatic rings. The van der Waals surface area contributed by atoms with Crippen LogP contribution in [0, 0.1) is 23.7 Å². The van der Waals surface area contributed by atoms with Crippen molar-refractivity contribution in [2.24, 2.45) is 23.7 Å². The first-order chi connectivity index (χ1) is 25.3. The fourth-order valence-electron chi connectivity index (χ4n) is 8.72. The highest BCUT2D eigenvalue weighted by molar-refractivity contribution is 6.07. The number of amides is 3. The summed E-state index contributed by atoms with van der Waals surface area (Å²) in [7, 11) is 0. The van der Waals surface area contributed by atoms with Crippen LogP contribution >= 0.6 is 0 Å². The number of morpholine rings is 1. The van der Waals surface area contributed by atoms with Crippen molar-refractivity contribution in [3.8, 4) is 0 Å². The van der Waals surface area contributed by atoms with E-state index in [1.54, 1.807) is 30.6 Å². The molecule has 2 N–H and O–H groups in total. The molecule has 53 heavy (non-hydrogen) atoms. The van der Waals surface area contributed by atoms with Gasteiger partial charge >= 0.3 is 11.9 Å². The number of para-hydroxylation sites is 1. The number of pyridine rings is 1. The average Bonchev–Trinajstić information content (AvgIpc) is 3.47. The third kappa shape index (κ3) is 7.63. The highest BCUT2D eigenvalue weighted by Gasteiger charge is 2.62. The number of esters is 1. The highest BCUT2D eigenvalue weighted by atomic mass is 16.6. The third-order valence-electron chi connectivity index (χ3n) is 11.5. The number of carbonyl (C=O) groups is 5. The van der Waals surface area contributed by atoms with E-state index in [1.807, 2.05) is 42.5 Å². The molecule has 7 rings (SSSR count). The number of fused-ring (bicyclic) bond motifs is 5. The SMILES string of the molecule is CC(C)(C)OC(=O)C[C@@H]1CCCCC/C=C\[C@@H]2C[C@@]2(C(=O)O)NC(=O)[C@@H]2[C@H]3CN(C(=O)c4cc(N5CCOCC5)nc5ccccc45)C[C@H]3CN2C1=O. The van der Waals surface area contributed by atoms with Gasteiger partial charge in [0, 0.05) is 61.8 Å². The molecule has 0 bridgehead atoms. The zero-order chi connectivity index (χ0) is 37.5. The van der Waals surface area contributed by atoms with Crippen LogP contribution < -0.4 is 10.2 Å². The molecule has 4 aliphatic heterocycles. The number of carboxylic acids is 1. The van der Waals surface area contributed by atoms with Crippen molar-refractivity contribution in [3.63, 3.8) is 0 Å². The lowest BCUT2D eigenvalue weighted by molar-refractivity contribution is -0.159. The minimum Gasteiger partial charge on any atom is -0.479 e. The quantitative estimate of drug-likeness (QED) is 0.343. The molecule has 1 saturated carbocycles. The second-order valence-corrected chi connectivity index (χ2v) is 16.3. The Morgan fingerprint density at radius 1 is 1.06 bits per heavy atom. The number of hydrogen-bond acceptors (Lipinski definition) is 9. The number of nitrogens with one attached hydrogen (secondary N) is 1. The number of aliphatic carboxylic acids is 1. The van der Waals surface area contributed by atoms with E-state index in [0.717, 1.165) is 31.1 Å². The van der Waals surface area contributed by atoms with Crippen molar-refractivity contribution >= 4 is 46.4 Å². The molecule has 6 atom stereocenters. The predicted molar refractivity (Wildman–Crippen MR) is 196 cm³/mol. The molecule has 13 nitrogen and oxygen atoms in total.